The van der Waals surface area contributed by atoms with Crippen molar-refractivity contribution in [2.24, 2.45) is 0 Å². The van der Waals surface area contributed by atoms with E-state index in [0.29, 0.717) is 25.3 Å². The molecular weight excluding hydrogens is 350 g/mol. The van der Waals surface area contributed by atoms with Gasteiger partial charge in [-0.25, -0.2) is 12.7 Å². The molecule has 9 heteroatoms. The predicted molar refractivity (Wildman–Crippen MR) is 92.8 cm³/mol. The lowest BCUT2D eigenvalue weighted by Gasteiger charge is -2.21. The zero-order chi connectivity index (χ0) is 17.5. The zero-order valence-corrected chi connectivity index (χ0v) is 15.2. The molecule has 1 saturated heterocycles. The quantitative estimate of drug-likeness (QED) is 0.791. The molecule has 1 fully saturated rings. The smallest absolute Gasteiger partial charge is 0.282 e. The molecule has 7 nitrogen and oxygen atoms in total. The molecule has 0 unspecified atom stereocenters. The lowest BCUT2D eigenvalue weighted by Crippen LogP contribution is -2.39. The van der Waals surface area contributed by atoms with E-state index in [1.807, 2.05) is 0 Å². The second kappa shape index (κ2) is 6.38. The van der Waals surface area contributed by atoms with Crippen molar-refractivity contribution >= 4 is 38.6 Å². The summed E-state index contributed by atoms with van der Waals surface area (Å²) in [5.74, 6) is 0.585. The zero-order valence-electron chi connectivity index (χ0n) is 13.6. The molecule has 2 heterocycles. The average molecular weight is 369 g/mol. The molecule has 2 aliphatic heterocycles. The highest BCUT2D eigenvalue weighted by Crippen LogP contribution is 2.31. The van der Waals surface area contributed by atoms with Crippen LogP contribution < -0.4 is 4.90 Å². The molecule has 2 amide bonds. The third kappa shape index (κ3) is 3.03. The Labute approximate surface area is 145 Å². The minimum Gasteiger partial charge on any atom is -0.323 e. The largest absolute Gasteiger partial charge is 0.323 e. The summed E-state index contributed by atoms with van der Waals surface area (Å²) in [6.07, 6.45) is 0.612. The van der Waals surface area contributed by atoms with Crippen molar-refractivity contribution < 1.29 is 18.0 Å². The summed E-state index contributed by atoms with van der Waals surface area (Å²) >= 11 is 1.23. The Morgan fingerprint density at radius 1 is 1.29 bits per heavy atom. The summed E-state index contributed by atoms with van der Waals surface area (Å²) < 4.78 is 25.6. The molecule has 0 aromatic heterocycles. The molecule has 0 spiro atoms. The summed E-state index contributed by atoms with van der Waals surface area (Å²) in [6, 6.07) is 4.84. The molecule has 130 valence electrons. The van der Waals surface area contributed by atoms with Crippen molar-refractivity contribution in [3.63, 3.8) is 0 Å². The second-order valence-electron chi connectivity index (χ2n) is 5.91. The van der Waals surface area contributed by atoms with Crippen molar-refractivity contribution in [1.29, 1.82) is 0 Å². The first-order chi connectivity index (χ1) is 11.3. The first-order valence-electron chi connectivity index (χ1n) is 7.58. The SMILES string of the molecule is CN(C)S(=O)(=O)c1ccc2c(c1)CCN2C(=O)CN1CCSC1=O. The van der Waals surface area contributed by atoms with Gasteiger partial charge in [0.15, 0.2) is 0 Å². The second-order valence-corrected chi connectivity index (χ2v) is 9.11. The summed E-state index contributed by atoms with van der Waals surface area (Å²) in [6.45, 7) is 1.17. The third-order valence-corrected chi connectivity index (χ3v) is 6.90. The molecule has 1 aromatic rings. The number of anilines is 1. The third-order valence-electron chi connectivity index (χ3n) is 4.20. The summed E-state index contributed by atoms with van der Waals surface area (Å²) in [5, 5.41) is -0.0600. The van der Waals surface area contributed by atoms with Crippen LogP contribution in [0, 0.1) is 0 Å². The summed E-state index contributed by atoms with van der Waals surface area (Å²) in [7, 11) is -0.509. The fourth-order valence-electron chi connectivity index (χ4n) is 2.83. The van der Waals surface area contributed by atoms with Gasteiger partial charge >= 0.3 is 0 Å². The number of carbonyl (C=O) groups is 2. The van der Waals surface area contributed by atoms with Gasteiger partial charge in [-0.1, -0.05) is 11.8 Å². The molecule has 0 N–H and O–H groups in total. The fraction of sp³-hybridized carbons (Fsp3) is 0.467. The van der Waals surface area contributed by atoms with Crippen molar-refractivity contribution in [3.05, 3.63) is 23.8 Å². The van der Waals surface area contributed by atoms with E-state index < -0.39 is 10.0 Å². The maximum Gasteiger partial charge on any atom is 0.282 e. The van der Waals surface area contributed by atoms with Crippen molar-refractivity contribution in [3.8, 4) is 0 Å². The Morgan fingerprint density at radius 3 is 2.67 bits per heavy atom. The lowest BCUT2D eigenvalue weighted by atomic mass is 10.2. The van der Waals surface area contributed by atoms with E-state index in [9.17, 15) is 18.0 Å². The molecule has 3 rings (SSSR count). The molecule has 0 saturated carbocycles. The van der Waals surface area contributed by atoms with Crippen LogP contribution in [0.15, 0.2) is 23.1 Å². The number of hydrogen-bond acceptors (Lipinski definition) is 5. The van der Waals surface area contributed by atoms with Crippen LogP contribution >= 0.6 is 11.8 Å². The highest BCUT2D eigenvalue weighted by atomic mass is 32.2. The number of amides is 2. The Hall–Kier alpha value is -1.58. The molecule has 0 radical (unpaired) electrons. The van der Waals surface area contributed by atoms with Gasteiger partial charge < -0.3 is 9.80 Å². The van der Waals surface area contributed by atoms with Gasteiger partial charge in [0.05, 0.1) is 4.90 Å². The van der Waals surface area contributed by atoms with Gasteiger partial charge in [0, 0.05) is 38.6 Å². The Kier molecular flexibility index (Phi) is 4.58. The van der Waals surface area contributed by atoms with Gasteiger partial charge in [-0.2, -0.15) is 0 Å². The van der Waals surface area contributed by atoms with Crippen LogP contribution in [0.5, 0.6) is 0 Å². The van der Waals surface area contributed by atoms with E-state index in [1.165, 1.54) is 36.2 Å². The number of rotatable bonds is 4. The van der Waals surface area contributed by atoms with Gasteiger partial charge in [-0.05, 0) is 30.2 Å². The van der Waals surface area contributed by atoms with Crippen molar-refractivity contribution in [2.75, 3.05) is 44.4 Å². The van der Waals surface area contributed by atoms with Crippen LogP contribution in [0.4, 0.5) is 10.5 Å². The van der Waals surface area contributed by atoms with E-state index in [2.05, 4.69) is 0 Å². The number of sulfonamides is 1. The number of carbonyl (C=O) groups excluding carboxylic acids is 2. The topological polar surface area (TPSA) is 78.0 Å². The summed E-state index contributed by atoms with van der Waals surface area (Å²) in [5.41, 5.74) is 1.57. The van der Waals surface area contributed by atoms with Gasteiger partial charge in [-0.3, -0.25) is 9.59 Å². The highest BCUT2D eigenvalue weighted by Gasteiger charge is 2.30. The normalized spacial score (nSPS) is 17.7. The van der Waals surface area contributed by atoms with E-state index in [4.69, 9.17) is 0 Å². The van der Waals surface area contributed by atoms with E-state index in [1.54, 1.807) is 21.9 Å². The minimum atomic E-state index is -3.49. The minimum absolute atomic E-state index is 0.0600. The van der Waals surface area contributed by atoms with Crippen LogP contribution in [0.3, 0.4) is 0 Å². The monoisotopic (exact) mass is 369 g/mol. The van der Waals surface area contributed by atoms with Crippen LogP contribution in [0.25, 0.3) is 0 Å². The Morgan fingerprint density at radius 2 is 2.04 bits per heavy atom. The van der Waals surface area contributed by atoms with Crippen LogP contribution in [0.1, 0.15) is 5.56 Å². The number of hydrogen-bond donors (Lipinski definition) is 0. The highest BCUT2D eigenvalue weighted by molar-refractivity contribution is 8.13. The van der Waals surface area contributed by atoms with E-state index in [0.717, 1.165) is 11.3 Å². The molecule has 0 bridgehead atoms. The molecule has 2 aliphatic rings. The number of nitrogens with zero attached hydrogens (tertiary/aromatic N) is 3. The predicted octanol–water partition coefficient (Wildman–Crippen LogP) is 0.995. The molecule has 24 heavy (non-hydrogen) atoms. The van der Waals surface area contributed by atoms with Gasteiger partial charge in [0.2, 0.25) is 15.9 Å². The van der Waals surface area contributed by atoms with Gasteiger partial charge in [-0.15, -0.1) is 0 Å². The van der Waals surface area contributed by atoms with Crippen LogP contribution in [-0.2, 0) is 21.2 Å². The fourth-order valence-corrected chi connectivity index (χ4v) is 4.60. The Bertz CT molecular complexity index is 792. The van der Waals surface area contributed by atoms with Crippen LogP contribution in [0.2, 0.25) is 0 Å². The maximum absolute atomic E-state index is 12.5. The summed E-state index contributed by atoms with van der Waals surface area (Å²) in [4.78, 5) is 27.5. The van der Waals surface area contributed by atoms with Gasteiger partial charge in [0.25, 0.3) is 5.24 Å². The molecule has 0 atom stereocenters. The van der Waals surface area contributed by atoms with Crippen molar-refractivity contribution in [1.82, 2.24) is 9.21 Å². The maximum atomic E-state index is 12.5. The Balaban J connectivity index is 1.80. The van der Waals surface area contributed by atoms with E-state index in [-0.39, 0.29) is 22.6 Å². The number of fused-ring (bicyclic) bond motifs is 1. The molecule has 1 aromatic carbocycles. The van der Waals surface area contributed by atoms with Crippen LogP contribution in [-0.4, -0.2) is 68.3 Å². The molecule has 0 aliphatic carbocycles. The number of benzene rings is 1. The standard InChI is InChI=1S/C15H19N3O4S2/c1-16(2)24(21,22)12-3-4-13-11(9-12)5-6-18(13)14(19)10-17-7-8-23-15(17)20/h3-4,9H,5-8,10H2,1-2H3. The first kappa shape index (κ1) is 17.2. The van der Waals surface area contributed by atoms with Crippen molar-refractivity contribution in [2.45, 2.75) is 11.3 Å². The van der Waals surface area contributed by atoms with E-state index >= 15 is 0 Å². The number of thioether (sulfide) groups is 1. The first-order valence-corrected chi connectivity index (χ1v) is 10.0. The lowest BCUT2D eigenvalue weighted by molar-refractivity contribution is -0.118. The molecular formula is C15H19N3O4S2. The average Bonchev–Trinajstić information content (AvgIpc) is 3.13. The van der Waals surface area contributed by atoms with Gasteiger partial charge in [0.1, 0.15) is 6.54 Å².